The van der Waals surface area contributed by atoms with Crippen molar-refractivity contribution >= 4 is 11.6 Å². The van der Waals surface area contributed by atoms with Crippen LogP contribution in [0.2, 0.25) is 0 Å². The molecule has 3 N–H and O–H groups in total. The van der Waals surface area contributed by atoms with E-state index in [0.29, 0.717) is 29.9 Å². The number of nitrogens with zero attached hydrogens (tertiary/aromatic N) is 3. The lowest BCUT2D eigenvalue weighted by Crippen LogP contribution is -2.26. The zero-order valence-electron chi connectivity index (χ0n) is 15.5. The normalized spacial score (nSPS) is 11.1. The van der Waals surface area contributed by atoms with Crippen molar-refractivity contribution in [3.63, 3.8) is 0 Å². The summed E-state index contributed by atoms with van der Waals surface area (Å²) in [5.74, 6) is -0.170. The van der Waals surface area contributed by atoms with Crippen LogP contribution in [0, 0.1) is 6.92 Å². The van der Waals surface area contributed by atoms with Gasteiger partial charge in [-0.15, -0.1) is 0 Å². The Labute approximate surface area is 162 Å². The molecule has 0 fully saturated rings. The zero-order valence-corrected chi connectivity index (χ0v) is 15.5. The third kappa shape index (κ3) is 3.52. The van der Waals surface area contributed by atoms with Gasteiger partial charge < -0.3 is 19.8 Å². The van der Waals surface area contributed by atoms with Gasteiger partial charge in [0.05, 0.1) is 29.9 Å². The quantitative estimate of drug-likeness (QED) is 0.482. The van der Waals surface area contributed by atoms with Crippen molar-refractivity contribution < 1.29 is 9.90 Å². The van der Waals surface area contributed by atoms with Gasteiger partial charge >= 0.3 is 0 Å². The summed E-state index contributed by atoms with van der Waals surface area (Å²) in [7, 11) is 0. The van der Waals surface area contributed by atoms with E-state index in [0.717, 1.165) is 22.5 Å². The standard InChI is InChI=1S/C21H21N5O2/c1-14-2-4-15(5-3-14)20-18(12-27)26-11-16(6-7-19(26)25-20)21(28)23-9-8-17-10-22-13-24-17/h2-7,10-11,13,27H,8-9,12H2,1H3,(H,22,24)(H,23,28). The van der Waals surface area contributed by atoms with Crippen molar-refractivity contribution in [1.82, 2.24) is 24.7 Å². The molecule has 1 amide bonds. The van der Waals surface area contributed by atoms with Gasteiger partial charge in [0.2, 0.25) is 0 Å². The summed E-state index contributed by atoms with van der Waals surface area (Å²) in [5, 5.41) is 12.8. The van der Waals surface area contributed by atoms with Gasteiger partial charge in [0.1, 0.15) is 5.65 Å². The van der Waals surface area contributed by atoms with Gasteiger partial charge in [-0.25, -0.2) is 9.97 Å². The minimum Gasteiger partial charge on any atom is -0.390 e. The van der Waals surface area contributed by atoms with Gasteiger partial charge in [-0.1, -0.05) is 29.8 Å². The van der Waals surface area contributed by atoms with Crippen molar-refractivity contribution in [2.24, 2.45) is 0 Å². The largest absolute Gasteiger partial charge is 0.390 e. The Bertz CT molecular complexity index is 1100. The highest BCUT2D eigenvalue weighted by atomic mass is 16.3. The number of aliphatic hydroxyl groups is 1. The molecular formula is C21H21N5O2. The predicted molar refractivity (Wildman–Crippen MR) is 106 cm³/mol. The molecule has 0 bridgehead atoms. The molecule has 4 aromatic rings. The number of hydrogen-bond acceptors (Lipinski definition) is 4. The van der Waals surface area contributed by atoms with Crippen LogP contribution in [0.4, 0.5) is 0 Å². The Kier molecular flexibility index (Phi) is 4.90. The minimum atomic E-state index is -0.171. The molecule has 4 rings (SSSR count). The number of rotatable bonds is 6. The first kappa shape index (κ1) is 17.9. The van der Waals surface area contributed by atoms with Crippen LogP contribution in [0.25, 0.3) is 16.9 Å². The number of carbonyl (C=O) groups excluding carboxylic acids is 1. The maximum atomic E-state index is 12.5. The van der Waals surface area contributed by atoms with E-state index in [1.165, 1.54) is 0 Å². The van der Waals surface area contributed by atoms with Gasteiger partial charge in [-0.05, 0) is 19.1 Å². The SMILES string of the molecule is Cc1ccc(-c2nc3ccc(C(=O)NCCc4cnc[nH]4)cn3c2CO)cc1. The van der Waals surface area contributed by atoms with Crippen LogP contribution in [-0.2, 0) is 13.0 Å². The summed E-state index contributed by atoms with van der Waals surface area (Å²) in [6.07, 6.45) is 5.76. The fourth-order valence-corrected chi connectivity index (χ4v) is 3.16. The molecule has 28 heavy (non-hydrogen) atoms. The number of imidazole rings is 2. The van der Waals surface area contributed by atoms with Crippen molar-refractivity contribution in [2.75, 3.05) is 6.54 Å². The summed E-state index contributed by atoms with van der Waals surface area (Å²) in [4.78, 5) is 24.1. The lowest BCUT2D eigenvalue weighted by Gasteiger charge is -2.06. The number of fused-ring (bicyclic) bond motifs is 1. The lowest BCUT2D eigenvalue weighted by atomic mass is 10.1. The van der Waals surface area contributed by atoms with Crippen LogP contribution in [0.1, 0.15) is 27.3 Å². The summed E-state index contributed by atoms with van der Waals surface area (Å²) in [6, 6.07) is 11.5. The van der Waals surface area contributed by atoms with E-state index in [9.17, 15) is 9.90 Å². The van der Waals surface area contributed by atoms with E-state index in [2.05, 4.69) is 20.3 Å². The number of aromatic amines is 1. The van der Waals surface area contributed by atoms with Crippen molar-refractivity contribution in [3.8, 4) is 11.3 Å². The molecule has 0 atom stereocenters. The molecule has 7 nitrogen and oxygen atoms in total. The molecule has 3 aromatic heterocycles. The number of aliphatic hydroxyl groups excluding tert-OH is 1. The van der Waals surface area contributed by atoms with Crippen LogP contribution in [0.15, 0.2) is 55.1 Å². The van der Waals surface area contributed by atoms with E-state index in [-0.39, 0.29) is 12.5 Å². The van der Waals surface area contributed by atoms with Crippen LogP contribution in [0.3, 0.4) is 0 Å². The molecule has 0 aliphatic carbocycles. The smallest absolute Gasteiger partial charge is 0.252 e. The van der Waals surface area contributed by atoms with Gasteiger partial charge in [0.15, 0.2) is 0 Å². The number of benzene rings is 1. The zero-order chi connectivity index (χ0) is 19.5. The van der Waals surface area contributed by atoms with Crippen molar-refractivity contribution in [3.05, 3.63) is 77.6 Å². The van der Waals surface area contributed by atoms with Gasteiger partial charge in [-0.3, -0.25) is 4.79 Å². The van der Waals surface area contributed by atoms with Gasteiger partial charge in [-0.2, -0.15) is 0 Å². The predicted octanol–water partition coefficient (Wildman–Crippen LogP) is 2.50. The average Bonchev–Trinajstić information content (AvgIpc) is 3.35. The fraction of sp³-hybridized carbons (Fsp3) is 0.190. The van der Waals surface area contributed by atoms with Crippen molar-refractivity contribution in [1.29, 1.82) is 0 Å². The second-order valence-corrected chi connectivity index (χ2v) is 6.66. The number of aromatic nitrogens is 4. The van der Waals surface area contributed by atoms with Gasteiger partial charge in [0, 0.05) is 36.6 Å². The van der Waals surface area contributed by atoms with E-state index in [1.807, 2.05) is 31.2 Å². The van der Waals surface area contributed by atoms with Crippen LogP contribution < -0.4 is 5.32 Å². The monoisotopic (exact) mass is 375 g/mol. The first-order chi connectivity index (χ1) is 13.7. The molecule has 0 saturated carbocycles. The summed E-state index contributed by atoms with van der Waals surface area (Å²) >= 11 is 0. The minimum absolute atomic E-state index is 0.170. The molecule has 3 heterocycles. The van der Waals surface area contributed by atoms with E-state index >= 15 is 0 Å². The number of aryl methyl sites for hydroxylation is 1. The third-order valence-corrected chi connectivity index (χ3v) is 4.69. The molecular weight excluding hydrogens is 354 g/mol. The first-order valence-corrected chi connectivity index (χ1v) is 9.10. The molecule has 0 aliphatic rings. The topological polar surface area (TPSA) is 95.3 Å². The number of nitrogens with one attached hydrogen (secondary N) is 2. The summed E-state index contributed by atoms with van der Waals surface area (Å²) < 4.78 is 1.78. The van der Waals surface area contributed by atoms with Crippen molar-refractivity contribution in [2.45, 2.75) is 20.0 Å². The molecule has 0 aliphatic heterocycles. The highest BCUT2D eigenvalue weighted by Crippen LogP contribution is 2.25. The number of carbonyl (C=O) groups is 1. The Morgan fingerprint density at radius 1 is 1.21 bits per heavy atom. The summed E-state index contributed by atoms with van der Waals surface area (Å²) in [6.45, 7) is 2.36. The van der Waals surface area contributed by atoms with Crippen LogP contribution in [-0.4, -0.2) is 36.9 Å². The molecule has 1 aromatic carbocycles. The Balaban J connectivity index is 1.59. The van der Waals surface area contributed by atoms with E-state index < -0.39 is 0 Å². The Morgan fingerprint density at radius 3 is 2.75 bits per heavy atom. The van der Waals surface area contributed by atoms with Gasteiger partial charge in [0.25, 0.3) is 5.91 Å². The highest BCUT2D eigenvalue weighted by molar-refractivity contribution is 5.94. The lowest BCUT2D eigenvalue weighted by molar-refractivity contribution is 0.0953. The number of hydrogen-bond donors (Lipinski definition) is 3. The van der Waals surface area contributed by atoms with E-state index in [4.69, 9.17) is 0 Å². The third-order valence-electron chi connectivity index (χ3n) is 4.69. The van der Waals surface area contributed by atoms with Crippen LogP contribution in [0.5, 0.6) is 0 Å². The highest BCUT2D eigenvalue weighted by Gasteiger charge is 2.15. The maximum Gasteiger partial charge on any atom is 0.252 e. The molecule has 0 spiro atoms. The number of amides is 1. The second-order valence-electron chi connectivity index (χ2n) is 6.66. The second kappa shape index (κ2) is 7.66. The molecule has 0 saturated heterocycles. The Morgan fingerprint density at radius 2 is 2.04 bits per heavy atom. The molecule has 0 radical (unpaired) electrons. The number of pyridine rings is 1. The molecule has 0 unspecified atom stereocenters. The Hall–Kier alpha value is -3.45. The number of H-pyrrole nitrogens is 1. The van der Waals surface area contributed by atoms with E-state index in [1.54, 1.807) is 35.3 Å². The fourth-order valence-electron chi connectivity index (χ4n) is 3.16. The molecule has 7 heteroatoms. The first-order valence-electron chi connectivity index (χ1n) is 9.10. The maximum absolute atomic E-state index is 12.5. The molecule has 142 valence electrons. The average molecular weight is 375 g/mol. The van der Waals surface area contributed by atoms with Crippen LogP contribution >= 0.6 is 0 Å². The summed E-state index contributed by atoms with van der Waals surface area (Å²) in [5.41, 5.74) is 5.64.